The lowest BCUT2D eigenvalue weighted by molar-refractivity contribution is -0.388. The Hall–Kier alpha value is -1.62. The highest BCUT2D eigenvalue weighted by Gasteiger charge is 2.41. The Kier molecular flexibility index (Phi) is 3.72. The van der Waals surface area contributed by atoms with Gasteiger partial charge >= 0.3 is 6.18 Å². The molecule has 0 spiro atoms. The molecular weight excluding hydrogens is 305 g/mol. The van der Waals surface area contributed by atoms with Crippen molar-refractivity contribution in [3.8, 4) is 6.07 Å². The van der Waals surface area contributed by atoms with Gasteiger partial charge in [-0.2, -0.15) is 18.4 Å². The second kappa shape index (κ2) is 4.71. The molecule has 0 aliphatic rings. The monoisotopic (exact) mass is 308 g/mol. The average molecular weight is 309 g/mol. The summed E-state index contributed by atoms with van der Waals surface area (Å²) in [7, 11) is 0. The fourth-order valence-electron chi connectivity index (χ4n) is 1.33. The van der Waals surface area contributed by atoms with E-state index in [1.165, 1.54) is 0 Å². The van der Waals surface area contributed by atoms with Crippen LogP contribution in [0.1, 0.15) is 16.7 Å². The summed E-state index contributed by atoms with van der Waals surface area (Å²) in [5.41, 5.74) is -2.94. The minimum Gasteiger partial charge on any atom is -0.258 e. The first-order valence-electron chi connectivity index (χ1n) is 4.15. The second-order valence-corrected chi connectivity index (χ2v) is 3.59. The van der Waals surface area contributed by atoms with Gasteiger partial charge in [-0.25, -0.2) is 0 Å². The lowest BCUT2D eigenvalue weighted by Gasteiger charge is -2.11. The van der Waals surface area contributed by atoms with Crippen LogP contribution in [-0.4, -0.2) is 4.92 Å². The Labute approximate surface area is 102 Å². The first kappa shape index (κ1) is 13.4. The number of hydrogen-bond acceptors (Lipinski definition) is 3. The van der Waals surface area contributed by atoms with Crippen molar-refractivity contribution in [1.29, 1.82) is 5.26 Å². The number of rotatable bonds is 2. The van der Waals surface area contributed by atoms with Gasteiger partial charge in [-0.15, -0.1) is 0 Å². The van der Waals surface area contributed by atoms with Crippen LogP contribution in [0.3, 0.4) is 0 Å². The van der Waals surface area contributed by atoms with Gasteiger partial charge in [-0.05, 0) is 11.6 Å². The number of nitrogens with zero attached hydrogens (tertiary/aromatic N) is 2. The van der Waals surface area contributed by atoms with Gasteiger partial charge in [-0.1, -0.05) is 15.9 Å². The topological polar surface area (TPSA) is 66.9 Å². The minimum absolute atomic E-state index is 0.181. The summed E-state index contributed by atoms with van der Waals surface area (Å²) in [4.78, 5) is 9.44. The first-order valence-corrected chi connectivity index (χ1v) is 5.28. The van der Waals surface area contributed by atoms with Gasteiger partial charge in [0.25, 0.3) is 5.69 Å². The predicted octanol–water partition coefficient (Wildman–Crippen LogP) is 3.38. The largest absolute Gasteiger partial charge is 0.423 e. The molecule has 1 aromatic carbocycles. The molecule has 8 heteroatoms. The van der Waals surface area contributed by atoms with Gasteiger partial charge in [0.15, 0.2) is 0 Å². The maximum atomic E-state index is 12.7. The fourth-order valence-corrected chi connectivity index (χ4v) is 1.77. The van der Waals surface area contributed by atoms with Crippen LogP contribution in [0.2, 0.25) is 0 Å². The highest BCUT2D eigenvalue weighted by molar-refractivity contribution is 9.08. The van der Waals surface area contributed by atoms with Crippen molar-refractivity contribution in [2.24, 2.45) is 0 Å². The van der Waals surface area contributed by atoms with E-state index in [-0.39, 0.29) is 16.5 Å². The molecular formula is C9H4BrF3N2O2. The molecule has 0 N–H and O–H groups in total. The Morgan fingerprint density at radius 2 is 2.06 bits per heavy atom. The molecule has 17 heavy (non-hydrogen) atoms. The fraction of sp³-hybridized carbons (Fsp3) is 0.222. The van der Waals surface area contributed by atoms with Crippen LogP contribution in [0.15, 0.2) is 12.1 Å². The minimum atomic E-state index is -4.83. The first-order chi connectivity index (χ1) is 7.81. The summed E-state index contributed by atoms with van der Waals surface area (Å²) in [5, 5.41) is 18.9. The molecule has 0 heterocycles. The zero-order valence-electron chi connectivity index (χ0n) is 8.08. The molecule has 0 radical (unpaired) electrons. The summed E-state index contributed by atoms with van der Waals surface area (Å²) in [6, 6.07) is 3.18. The van der Waals surface area contributed by atoms with Crippen molar-refractivity contribution in [3.63, 3.8) is 0 Å². The number of alkyl halides is 4. The van der Waals surface area contributed by atoms with Gasteiger partial charge in [0.05, 0.1) is 16.6 Å². The summed E-state index contributed by atoms with van der Waals surface area (Å²) >= 11 is 2.82. The Morgan fingerprint density at radius 1 is 1.47 bits per heavy atom. The third-order valence-electron chi connectivity index (χ3n) is 1.95. The molecule has 1 aromatic rings. The maximum Gasteiger partial charge on any atom is 0.423 e. The van der Waals surface area contributed by atoms with Crippen LogP contribution in [0.5, 0.6) is 0 Å². The summed E-state index contributed by atoms with van der Waals surface area (Å²) < 4.78 is 38.1. The van der Waals surface area contributed by atoms with E-state index in [2.05, 4.69) is 15.9 Å². The lowest BCUT2D eigenvalue weighted by Crippen LogP contribution is -2.12. The van der Waals surface area contributed by atoms with E-state index < -0.39 is 22.4 Å². The normalized spacial score (nSPS) is 11.0. The zero-order chi connectivity index (χ0) is 13.2. The molecule has 0 atom stereocenters. The lowest BCUT2D eigenvalue weighted by atomic mass is 10.0. The van der Waals surface area contributed by atoms with Crippen molar-refractivity contribution in [3.05, 3.63) is 38.9 Å². The van der Waals surface area contributed by atoms with Gasteiger partial charge in [0.1, 0.15) is 5.56 Å². The standard InChI is InChI=1S/C9H4BrF3N2O2/c10-3-6-1-5(4-14)2-7(15(16)17)8(6)9(11,12)13/h1-2H,3H2. The van der Waals surface area contributed by atoms with Crippen LogP contribution < -0.4 is 0 Å². The van der Waals surface area contributed by atoms with Crippen molar-refractivity contribution >= 4 is 21.6 Å². The molecule has 0 aliphatic carbocycles. The van der Waals surface area contributed by atoms with Gasteiger partial charge in [0, 0.05) is 11.4 Å². The molecule has 0 saturated carbocycles. The highest BCUT2D eigenvalue weighted by Crippen LogP contribution is 2.39. The number of hydrogen-bond donors (Lipinski definition) is 0. The Morgan fingerprint density at radius 3 is 2.41 bits per heavy atom. The van der Waals surface area contributed by atoms with Gasteiger partial charge in [0.2, 0.25) is 0 Å². The zero-order valence-corrected chi connectivity index (χ0v) is 9.67. The molecule has 0 amide bonds. The van der Waals surface area contributed by atoms with E-state index in [0.717, 1.165) is 6.07 Å². The molecule has 0 unspecified atom stereocenters. The Bertz CT molecular complexity index is 508. The molecule has 0 bridgehead atoms. The van der Waals surface area contributed by atoms with Crippen LogP contribution in [0.25, 0.3) is 0 Å². The quantitative estimate of drug-likeness (QED) is 0.478. The number of nitro benzene ring substituents is 1. The molecule has 0 fully saturated rings. The van der Waals surface area contributed by atoms with Gasteiger partial charge in [-0.3, -0.25) is 10.1 Å². The van der Waals surface area contributed by atoms with Crippen LogP contribution in [0, 0.1) is 21.4 Å². The number of nitriles is 1. The predicted molar refractivity (Wildman–Crippen MR) is 55.4 cm³/mol. The van der Waals surface area contributed by atoms with E-state index >= 15 is 0 Å². The molecule has 90 valence electrons. The SMILES string of the molecule is N#Cc1cc(CBr)c(C(F)(F)F)c([N+](=O)[O-])c1. The summed E-state index contributed by atoms with van der Waals surface area (Å²) in [6.07, 6.45) is -4.83. The molecule has 1 rings (SSSR count). The highest BCUT2D eigenvalue weighted by atomic mass is 79.9. The van der Waals surface area contributed by atoms with E-state index in [9.17, 15) is 23.3 Å². The van der Waals surface area contributed by atoms with E-state index in [1.54, 1.807) is 6.07 Å². The molecule has 0 aliphatic heterocycles. The van der Waals surface area contributed by atoms with Crippen LogP contribution in [0.4, 0.5) is 18.9 Å². The summed E-state index contributed by atoms with van der Waals surface area (Å²) in [6.45, 7) is 0. The third-order valence-corrected chi connectivity index (χ3v) is 2.56. The Balaban J connectivity index is 3.66. The molecule has 0 aromatic heterocycles. The van der Waals surface area contributed by atoms with Crippen molar-refractivity contribution < 1.29 is 18.1 Å². The van der Waals surface area contributed by atoms with E-state index in [1.807, 2.05) is 0 Å². The van der Waals surface area contributed by atoms with E-state index in [4.69, 9.17) is 5.26 Å². The van der Waals surface area contributed by atoms with Crippen molar-refractivity contribution in [2.45, 2.75) is 11.5 Å². The maximum absolute atomic E-state index is 12.7. The number of halogens is 4. The molecule has 4 nitrogen and oxygen atoms in total. The number of nitro groups is 1. The van der Waals surface area contributed by atoms with Crippen LogP contribution in [-0.2, 0) is 11.5 Å². The summed E-state index contributed by atoms with van der Waals surface area (Å²) in [5.74, 6) is 0. The third kappa shape index (κ3) is 2.74. The van der Waals surface area contributed by atoms with E-state index in [0.29, 0.717) is 6.07 Å². The van der Waals surface area contributed by atoms with Crippen molar-refractivity contribution in [1.82, 2.24) is 0 Å². The van der Waals surface area contributed by atoms with Crippen molar-refractivity contribution in [2.75, 3.05) is 0 Å². The average Bonchev–Trinajstić information content (AvgIpc) is 2.25. The van der Waals surface area contributed by atoms with Crippen LogP contribution >= 0.6 is 15.9 Å². The smallest absolute Gasteiger partial charge is 0.258 e. The number of benzene rings is 1. The molecule has 0 saturated heterocycles. The van der Waals surface area contributed by atoms with Gasteiger partial charge < -0.3 is 0 Å². The second-order valence-electron chi connectivity index (χ2n) is 3.03.